The number of nitrogens with two attached hydrogens (primary N) is 1. The molecule has 1 aliphatic carbocycles. The number of ketones is 1. The normalized spacial score (nSPS) is 18.2. The smallest absolute Gasteiger partial charge is 0.406 e. The fourth-order valence-corrected chi connectivity index (χ4v) is 6.10. The number of nitrogens with one attached hydrogen (secondary N) is 1. The maximum Gasteiger partial charge on any atom is 0.573 e. The van der Waals surface area contributed by atoms with Gasteiger partial charge in [-0.3, -0.25) is 9.69 Å². The molecule has 1 saturated heterocycles. The quantitative estimate of drug-likeness (QED) is 0.299. The van der Waals surface area contributed by atoms with Crippen molar-refractivity contribution in [2.75, 3.05) is 26.2 Å². The zero-order valence-corrected chi connectivity index (χ0v) is 22.9. The molecule has 0 bridgehead atoms. The average molecular weight is 557 g/mol. The third-order valence-electron chi connectivity index (χ3n) is 8.31. The largest absolute Gasteiger partial charge is 0.573 e. The molecule has 3 aromatic rings. The van der Waals surface area contributed by atoms with Crippen LogP contribution in [0.25, 0.3) is 22.0 Å². The van der Waals surface area contributed by atoms with E-state index in [9.17, 15) is 18.0 Å². The van der Waals surface area contributed by atoms with E-state index in [1.165, 1.54) is 17.7 Å². The summed E-state index contributed by atoms with van der Waals surface area (Å²) in [6.07, 6.45) is 4.26. The molecule has 9 heteroatoms. The van der Waals surface area contributed by atoms with Gasteiger partial charge in [-0.25, -0.2) is 0 Å². The van der Waals surface area contributed by atoms with Gasteiger partial charge in [0, 0.05) is 68.4 Å². The lowest BCUT2D eigenvalue weighted by molar-refractivity contribution is -0.274. The molecule has 216 valence electrons. The van der Waals surface area contributed by atoms with Crippen LogP contribution in [-0.2, 0) is 17.9 Å². The predicted octanol–water partition coefficient (Wildman–Crippen LogP) is 6.01. The summed E-state index contributed by atoms with van der Waals surface area (Å²) in [5.41, 5.74) is 9.86. The minimum Gasteiger partial charge on any atom is -0.406 e. The molecule has 0 amide bonds. The molecule has 1 saturated carbocycles. The first-order valence-electron chi connectivity index (χ1n) is 14.4. The van der Waals surface area contributed by atoms with Crippen molar-refractivity contribution in [2.24, 2.45) is 5.73 Å². The molecule has 2 aliphatic rings. The second-order valence-electron chi connectivity index (χ2n) is 11.3. The van der Waals surface area contributed by atoms with Gasteiger partial charge in [0.25, 0.3) is 0 Å². The first-order valence-corrected chi connectivity index (χ1v) is 14.4. The second kappa shape index (κ2) is 12.3. The molecule has 1 aromatic heterocycles. The Morgan fingerprint density at radius 3 is 2.42 bits per heavy atom. The van der Waals surface area contributed by atoms with Crippen LogP contribution in [0, 0.1) is 0 Å². The van der Waals surface area contributed by atoms with E-state index < -0.39 is 11.9 Å². The number of Topliss-reactive ketones (excluding diaryl/α,β-unsaturated/α-hetero) is 1. The minimum atomic E-state index is -4.72. The zero-order chi connectivity index (χ0) is 28.2. The van der Waals surface area contributed by atoms with Crippen LogP contribution in [0.15, 0.2) is 48.7 Å². The van der Waals surface area contributed by atoms with Crippen molar-refractivity contribution in [3.05, 3.63) is 54.2 Å². The number of fused-ring (bicyclic) bond motifs is 1. The number of hydrogen-bond acceptors (Lipinski definition) is 5. The molecular weight excluding hydrogens is 517 g/mol. The Bertz CT molecular complexity index is 1290. The van der Waals surface area contributed by atoms with Crippen molar-refractivity contribution >= 4 is 16.7 Å². The lowest BCUT2D eigenvalue weighted by atomic mass is 9.78. The number of unbranched alkanes of at least 4 members (excludes halogenated alkanes) is 1. The molecular formula is C31H39F3N4O2. The Morgan fingerprint density at radius 2 is 1.73 bits per heavy atom. The minimum absolute atomic E-state index is 0.184. The van der Waals surface area contributed by atoms with Crippen LogP contribution in [0.5, 0.6) is 5.75 Å². The fourth-order valence-electron chi connectivity index (χ4n) is 6.10. The maximum absolute atomic E-state index is 12.8. The SMILES string of the molecule is NC1(C(=O)CCCCn2cc(-c3ccc(OC(F)(F)F)cc3)c3cc(CN4CCNCC4)ccc32)CCCCC1. The van der Waals surface area contributed by atoms with Gasteiger partial charge in [-0.1, -0.05) is 37.5 Å². The van der Waals surface area contributed by atoms with E-state index in [1.807, 2.05) is 0 Å². The highest BCUT2D eigenvalue weighted by Gasteiger charge is 2.34. The number of rotatable bonds is 10. The average Bonchev–Trinajstić information content (AvgIpc) is 3.29. The van der Waals surface area contributed by atoms with Gasteiger partial charge in [0.05, 0.1) is 5.54 Å². The van der Waals surface area contributed by atoms with Crippen LogP contribution in [0.2, 0.25) is 0 Å². The number of carbonyl (C=O) groups excluding carboxylic acids is 1. The number of nitrogens with zero attached hydrogens (tertiary/aromatic N) is 2. The molecule has 6 nitrogen and oxygen atoms in total. The number of aromatic nitrogens is 1. The molecule has 40 heavy (non-hydrogen) atoms. The first kappa shape index (κ1) is 28.6. The summed E-state index contributed by atoms with van der Waals surface area (Å²) >= 11 is 0. The highest BCUT2D eigenvalue weighted by atomic mass is 19.4. The summed E-state index contributed by atoms with van der Waals surface area (Å²) in [6, 6.07) is 12.6. The van der Waals surface area contributed by atoms with Gasteiger partial charge in [0.2, 0.25) is 0 Å². The van der Waals surface area contributed by atoms with Crippen molar-refractivity contribution in [3.8, 4) is 16.9 Å². The standard InChI is InChI=1S/C31H39F3N4O2/c32-31(33,34)40-25-10-8-24(9-11-25)27-22-38(17-5-2-6-29(39)30(35)13-3-1-4-14-30)28-12-7-23(20-26(27)28)21-37-18-15-36-16-19-37/h7-12,20,22,36H,1-6,13-19,21,35H2. The molecule has 1 aliphatic heterocycles. The van der Waals surface area contributed by atoms with E-state index in [0.717, 1.165) is 106 Å². The molecule has 2 fully saturated rings. The zero-order valence-electron chi connectivity index (χ0n) is 22.9. The van der Waals surface area contributed by atoms with E-state index in [-0.39, 0.29) is 11.5 Å². The van der Waals surface area contributed by atoms with Gasteiger partial charge < -0.3 is 20.4 Å². The summed E-state index contributed by atoms with van der Waals surface area (Å²) < 4.78 is 44.3. The van der Waals surface area contributed by atoms with Crippen molar-refractivity contribution in [1.29, 1.82) is 0 Å². The maximum atomic E-state index is 12.8. The van der Waals surface area contributed by atoms with Crippen molar-refractivity contribution in [1.82, 2.24) is 14.8 Å². The Balaban J connectivity index is 1.34. The third kappa shape index (κ3) is 7.06. The summed E-state index contributed by atoms with van der Waals surface area (Å²) in [4.78, 5) is 15.2. The number of alkyl halides is 3. The van der Waals surface area contributed by atoms with Crippen LogP contribution < -0.4 is 15.8 Å². The summed E-state index contributed by atoms with van der Waals surface area (Å²) in [6.45, 7) is 5.54. The Kier molecular flexibility index (Phi) is 8.83. The highest BCUT2D eigenvalue weighted by molar-refractivity contribution is 5.96. The van der Waals surface area contributed by atoms with E-state index in [1.54, 1.807) is 12.1 Å². The fraction of sp³-hybridized carbons (Fsp3) is 0.516. The third-order valence-corrected chi connectivity index (χ3v) is 8.31. The Hall–Kier alpha value is -2.88. The number of aryl methyl sites for hydroxylation is 1. The number of benzene rings is 2. The van der Waals surface area contributed by atoms with Gasteiger partial charge in [0.15, 0.2) is 5.78 Å². The molecule has 0 radical (unpaired) electrons. The van der Waals surface area contributed by atoms with Gasteiger partial charge >= 0.3 is 6.36 Å². The molecule has 0 spiro atoms. The van der Waals surface area contributed by atoms with Gasteiger partial charge in [-0.15, -0.1) is 13.2 Å². The van der Waals surface area contributed by atoms with Gasteiger partial charge in [-0.05, 0) is 61.1 Å². The lowest BCUT2D eigenvalue weighted by Gasteiger charge is -2.31. The van der Waals surface area contributed by atoms with Crippen molar-refractivity contribution in [2.45, 2.75) is 76.4 Å². The van der Waals surface area contributed by atoms with Crippen LogP contribution in [0.4, 0.5) is 13.2 Å². The topological polar surface area (TPSA) is 72.5 Å². The summed E-state index contributed by atoms with van der Waals surface area (Å²) in [5, 5.41) is 4.45. The second-order valence-corrected chi connectivity index (χ2v) is 11.3. The number of hydrogen-bond donors (Lipinski definition) is 2. The van der Waals surface area contributed by atoms with E-state index in [0.29, 0.717) is 6.42 Å². The Morgan fingerprint density at radius 1 is 1.00 bits per heavy atom. The molecule has 2 aromatic carbocycles. The molecule has 0 atom stereocenters. The molecule has 0 unspecified atom stereocenters. The molecule has 5 rings (SSSR count). The number of piperazine rings is 1. The van der Waals surface area contributed by atoms with E-state index in [2.05, 4.69) is 43.9 Å². The van der Waals surface area contributed by atoms with Gasteiger partial charge in [0.1, 0.15) is 5.75 Å². The van der Waals surface area contributed by atoms with Crippen LogP contribution in [0.3, 0.4) is 0 Å². The first-order chi connectivity index (χ1) is 19.2. The van der Waals surface area contributed by atoms with Crippen LogP contribution in [-0.4, -0.2) is 53.3 Å². The molecule has 3 N–H and O–H groups in total. The van der Waals surface area contributed by atoms with Crippen LogP contribution >= 0.6 is 0 Å². The highest BCUT2D eigenvalue weighted by Crippen LogP contribution is 2.34. The monoisotopic (exact) mass is 556 g/mol. The summed E-state index contributed by atoms with van der Waals surface area (Å²) in [5.74, 6) is -0.0522. The summed E-state index contributed by atoms with van der Waals surface area (Å²) in [7, 11) is 0. The van der Waals surface area contributed by atoms with Crippen molar-refractivity contribution in [3.63, 3.8) is 0 Å². The van der Waals surface area contributed by atoms with Crippen LogP contribution in [0.1, 0.15) is 56.9 Å². The number of carbonyl (C=O) groups is 1. The van der Waals surface area contributed by atoms with E-state index >= 15 is 0 Å². The Labute approximate surface area is 233 Å². The predicted molar refractivity (Wildman–Crippen MR) is 151 cm³/mol. The molecule has 2 heterocycles. The van der Waals surface area contributed by atoms with Crippen molar-refractivity contribution < 1.29 is 22.7 Å². The number of halogens is 3. The lowest BCUT2D eigenvalue weighted by Crippen LogP contribution is -2.49. The van der Waals surface area contributed by atoms with E-state index in [4.69, 9.17) is 5.73 Å². The van der Waals surface area contributed by atoms with Gasteiger partial charge in [-0.2, -0.15) is 0 Å². The number of ether oxygens (including phenoxy) is 1.